The highest BCUT2D eigenvalue weighted by Gasteiger charge is 2.16. The molecule has 0 fully saturated rings. The maximum atomic E-state index is 12.3. The Bertz CT molecular complexity index is 675. The number of carbonyl (C=O) groups excluding carboxylic acids is 1. The zero-order valence-electron chi connectivity index (χ0n) is 13.4. The third kappa shape index (κ3) is 4.01. The van der Waals surface area contributed by atoms with Crippen molar-refractivity contribution in [3.63, 3.8) is 0 Å². The predicted molar refractivity (Wildman–Crippen MR) is 90.2 cm³/mol. The van der Waals surface area contributed by atoms with Gasteiger partial charge in [0.1, 0.15) is 5.75 Å². The molecular weight excluding hydrogens is 276 g/mol. The lowest BCUT2D eigenvalue weighted by Crippen LogP contribution is -2.30. The second-order valence-electron chi connectivity index (χ2n) is 5.65. The molecule has 4 heteroatoms. The highest BCUT2D eigenvalue weighted by molar-refractivity contribution is 5.95. The fourth-order valence-corrected chi connectivity index (χ4v) is 2.27. The van der Waals surface area contributed by atoms with Gasteiger partial charge < -0.3 is 15.8 Å². The van der Waals surface area contributed by atoms with Gasteiger partial charge in [-0.2, -0.15) is 0 Å². The van der Waals surface area contributed by atoms with E-state index in [1.54, 1.807) is 19.1 Å². The molecule has 0 aromatic heterocycles. The first kappa shape index (κ1) is 15.9. The molecule has 2 aromatic carbocycles. The van der Waals surface area contributed by atoms with Crippen LogP contribution in [-0.4, -0.2) is 12.0 Å². The Morgan fingerprint density at radius 1 is 1.09 bits per heavy atom. The lowest BCUT2D eigenvalue weighted by molar-refractivity contribution is -0.122. The lowest BCUT2D eigenvalue weighted by Gasteiger charge is -2.16. The monoisotopic (exact) mass is 298 g/mol. The molecule has 0 radical (unpaired) electrons. The number of aryl methyl sites for hydroxylation is 3. The number of nitrogens with two attached hydrogens (primary N) is 1. The molecule has 1 unspecified atom stereocenters. The first-order valence-electron chi connectivity index (χ1n) is 7.27. The van der Waals surface area contributed by atoms with Crippen LogP contribution in [-0.2, 0) is 4.79 Å². The van der Waals surface area contributed by atoms with Crippen molar-refractivity contribution in [1.82, 2.24) is 0 Å². The van der Waals surface area contributed by atoms with Crippen LogP contribution in [0.15, 0.2) is 36.4 Å². The lowest BCUT2D eigenvalue weighted by atomic mass is 10.1. The first-order chi connectivity index (χ1) is 10.3. The second-order valence-corrected chi connectivity index (χ2v) is 5.65. The minimum Gasteiger partial charge on any atom is -0.481 e. The molecule has 22 heavy (non-hydrogen) atoms. The van der Waals surface area contributed by atoms with E-state index in [9.17, 15) is 4.79 Å². The van der Waals surface area contributed by atoms with Gasteiger partial charge in [0, 0.05) is 11.4 Å². The van der Waals surface area contributed by atoms with Crippen molar-refractivity contribution >= 4 is 17.3 Å². The van der Waals surface area contributed by atoms with Crippen molar-refractivity contribution in [1.29, 1.82) is 0 Å². The Balaban J connectivity index is 2.07. The third-order valence-corrected chi connectivity index (χ3v) is 3.40. The average Bonchev–Trinajstić information content (AvgIpc) is 2.41. The quantitative estimate of drug-likeness (QED) is 0.848. The molecule has 0 bridgehead atoms. The number of nitrogen functional groups attached to an aromatic ring is 1. The number of rotatable bonds is 4. The minimum absolute atomic E-state index is 0.201. The normalized spacial score (nSPS) is 11.8. The van der Waals surface area contributed by atoms with Gasteiger partial charge in [-0.3, -0.25) is 4.79 Å². The molecule has 0 aliphatic carbocycles. The maximum absolute atomic E-state index is 12.3. The van der Waals surface area contributed by atoms with Crippen LogP contribution in [0, 0.1) is 20.8 Å². The summed E-state index contributed by atoms with van der Waals surface area (Å²) in [6, 6.07) is 11.3. The second kappa shape index (κ2) is 6.52. The summed E-state index contributed by atoms with van der Waals surface area (Å²) in [5.74, 6) is 0.498. The van der Waals surface area contributed by atoms with Crippen LogP contribution >= 0.6 is 0 Å². The van der Waals surface area contributed by atoms with E-state index >= 15 is 0 Å². The maximum Gasteiger partial charge on any atom is 0.265 e. The van der Waals surface area contributed by atoms with Crippen molar-refractivity contribution in [2.75, 3.05) is 11.1 Å². The number of benzene rings is 2. The van der Waals surface area contributed by atoms with Crippen LogP contribution in [0.3, 0.4) is 0 Å². The van der Waals surface area contributed by atoms with Gasteiger partial charge in [0.05, 0.1) is 0 Å². The van der Waals surface area contributed by atoms with Gasteiger partial charge >= 0.3 is 0 Å². The summed E-state index contributed by atoms with van der Waals surface area (Å²) in [5, 5.41) is 2.86. The molecule has 3 N–H and O–H groups in total. The number of carbonyl (C=O) groups is 1. The van der Waals surface area contributed by atoms with E-state index < -0.39 is 6.10 Å². The van der Waals surface area contributed by atoms with Crippen LogP contribution in [0.25, 0.3) is 0 Å². The fourth-order valence-electron chi connectivity index (χ4n) is 2.27. The van der Waals surface area contributed by atoms with Gasteiger partial charge in [0.2, 0.25) is 0 Å². The van der Waals surface area contributed by atoms with Crippen molar-refractivity contribution in [3.8, 4) is 5.75 Å². The molecule has 4 nitrogen and oxygen atoms in total. The summed E-state index contributed by atoms with van der Waals surface area (Å²) in [7, 11) is 0. The van der Waals surface area contributed by atoms with E-state index in [0.717, 1.165) is 16.7 Å². The zero-order valence-corrected chi connectivity index (χ0v) is 13.4. The topological polar surface area (TPSA) is 64.3 Å². The van der Waals surface area contributed by atoms with Crippen LogP contribution in [0.1, 0.15) is 23.6 Å². The summed E-state index contributed by atoms with van der Waals surface area (Å²) in [6.07, 6.45) is -0.595. The highest BCUT2D eigenvalue weighted by Crippen LogP contribution is 2.20. The number of amides is 1. The standard InChI is InChI=1S/C18H22N2O2/c1-11-7-12(2)9-16(8-11)22-14(4)18(21)20-17-10-15(19)6-5-13(17)3/h5-10,14H,19H2,1-4H3,(H,20,21). The number of hydrogen-bond acceptors (Lipinski definition) is 3. The van der Waals surface area contributed by atoms with Gasteiger partial charge in [-0.15, -0.1) is 0 Å². The Morgan fingerprint density at radius 3 is 2.36 bits per heavy atom. The summed E-state index contributed by atoms with van der Waals surface area (Å²) in [5.41, 5.74) is 10.2. The first-order valence-corrected chi connectivity index (χ1v) is 7.27. The van der Waals surface area contributed by atoms with Crippen LogP contribution in [0.2, 0.25) is 0 Å². The molecule has 1 amide bonds. The molecule has 0 aliphatic rings. The van der Waals surface area contributed by atoms with Crippen LogP contribution in [0.4, 0.5) is 11.4 Å². The van der Waals surface area contributed by atoms with Gasteiger partial charge in [0.15, 0.2) is 6.10 Å². The molecular formula is C18H22N2O2. The summed E-state index contributed by atoms with van der Waals surface area (Å²) < 4.78 is 5.74. The van der Waals surface area contributed by atoms with Crippen molar-refractivity contribution in [2.24, 2.45) is 0 Å². The van der Waals surface area contributed by atoms with Crippen molar-refractivity contribution in [3.05, 3.63) is 53.1 Å². The highest BCUT2D eigenvalue weighted by atomic mass is 16.5. The number of anilines is 2. The van der Waals surface area contributed by atoms with Gasteiger partial charge in [0.25, 0.3) is 5.91 Å². The van der Waals surface area contributed by atoms with E-state index in [-0.39, 0.29) is 5.91 Å². The van der Waals surface area contributed by atoms with Crippen molar-refractivity contribution < 1.29 is 9.53 Å². The smallest absolute Gasteiger partial charge is 0.265 e. The molecule has 1 atom stereocenters. The average molecular weight is 298 g/mol. The summed E-state index contributed by atoms with van der Waals surface area (Å²) in [6.45, 7) is 7.65. The van der Waals surface area contributed by atoms with Crippen LogP contribution in [0.5, 0.6) is 5.75 Å². The Morgan fingerprint density at radius 2 is 1.73 bits per heavy atom. The van der Waals surface area contributed by atoms with Crippen LogP contribution < -0.4 is 15.8 Å². The van der Waals surface area contributed by atoms with Gasteiger partial charge in [-0.1, -0.05) is 12.1 Å². The molecule has 0 saturated heterocycles. The Hall–Kier alpha value is -2.49. The molecule has 0 spiro atoms. The fraction of sp³-hybridized carbons (Fsp3) is 0.278. The third-order valence-electron chi connectivity index (χ3n) is 3.40. The van der Waals surface area contributed by atoms with E-state index in [4.69, 9.17) is 10.5 Å². The minimum atomic E-state index is -0.595. The van der Waals surface area contributed by atoms with Crippen molar-refractivity contribution in [2.45, 2.75) is 33.8 Å². The van der Waals surface area contributed by atoms with E-state index in [2.05, 4.69) is 11.4 Å². The van der Waals surface area contributed by atoms with E-state index in [0.29, 0.717) is 17.1 Å². The predicted octanol–water partition coefficient (Wildman–Crippen LogP) is 3.60. The Labute approximate surface area is 131 Å². The SMILES string of the molecule is Cc1cc(C)cc(OC(C)C(=O)Nc2cc(N)ccc2C)c1. The van der Waals surface area contributed by atoms with E-state index in [1.807, 2.05) is 39.0 Å². The van der Waals surface area contributed by atoms with Gasteiger partial charge in [-0.25, -0.2) is 0 Å². The van der Waals surface area contributed by atoms with E-state index in [1.165, 1.54) is 0 Å². The number of ether oxygens (including phenoxy) is 1. The Kier molecular flexibility index (Phi) is 4.71. The zero-order chi connectivity index (χ0) is 16.3. The molecule has 116 valence electrons. The molecule has 0 heterocycles. The largest absolute Gasteiger partial charge is 0.481 e. The summed E-state index contributed by atoms with van der Waals surface area (Å²) >= 11 is 0. The molecule has 2 aromatic rings. The number of nitrogens with one attached hydrogen (secondary N) is 1. The molecule has 2 rings (SSSR count). The van der Waals surface area contributed by atoms with Gasteiger partial charge in [-0.05, 0) is 68.7 Å². The number of hydrogen-bond donors (Lipinski definition) is 2. The molecule has 0 saturated carbocycles. The summed E-state index contributed by atoms with van der Waals surface area (Å²) in [4.78, 5) is 12.3. The molecule has 0 aliphatic heterocycles.